The molecule has 7 aromatic carbocycles. The lowest BCUT2D eigenvalue weighted by molar-refractivity contribution is 1.06. The van der Waals surface area contributed by atoms with E-state index in [0.29, 0.717) is 5.56 Å². The van der Waals surface area contributed by atoms with Gasteiger partial charge in [-0.15, -0.1) is 0 Å². The van der Waals surface area contributed by atoms with Crippen molar-refractivity contribution in [1.82, 2.24) is 14.1 Å². The van der Waals surface area contributed by atoms with Crippen molar-refractivity contribution in [2.75, 3.05) is 0 Å². The summed E-state index contributed by atoms with van der Waals surface area (Å²) < 4.78 is 4.67. The van der Waals surface area contributed by atoms with Gasteiger partial charge in [-0.2, -0.15) is 5.26 Å². The van der Waals surface area contributed by atoms with Gasteiger partial charge in [-0.25, -0.2) is 4.98 Å². The Morgan fingerprint density at radius 3 is 1.43 bits per heavy atom. The predicted molar refractivity (Wildman–Crippen MR) is 233 cm³/mol. The fourth-order valence-electron chi connectivity index (χ4n) is 8.78. The van der Waals surface area contributed by atoms with Crippen LogP contribution in [0.25, 0.3) is 88.5 Å². The van der Waals surface area contributed by atoms with Crippen molar-refractivity contribution >= 4 is 43.6 Å². The molecule has 0 bridgehead atoms. The average Bonchev–Trinajstić information content (AvgIpc) is 3.72. The molecular formula is C52H38N4. The first-order valence-corrected chi connectivity index (χ1v) is 19.1. The van der Waals surface area contributed by atoms with Gasteiger partial charge in [0.25, 0.3) is 0 Å². The third-order valence-electron chi connectivity index (χ3n) is 11.1. The number of fused-ring (bicyclic) bond motifs is 6. The zero-order valence-electron chi connectivity index (χ0n) is 31.8. The van der Waals surface area contributed by atoms with Gasteiger partial charge < -0.3 is 4.57 Å². The largest absolute Gasteiger partial charge is 0.307 e. The summed E-state index contributed by atoms with van der Waals surface area (Å²) in [4.78, 5) is 5.34. The number of nitrogens with zero attached hydrogens (tertiary/aromatic N) is 4. The van der Waals surface area contributed by atoms with E-state index in [1.807, 2.05) is 18.3 Å². The normalized spacial score (nSPS) is 11.6. The molecule has 56 heavy (non-hydrogen) atoms. The molecule has 0 radical (unpaired) electrons. The molecule has 10 aromatic rings. The van der Waals surface area contributed by atoms with Gasteiger partial charge in [-0.1, -0.05) is 131 Å². The summed E-state index contributed by atoms with van der Waals surface area (Å²) in [7, 11) is 0. The Morgan fingerprint density at radius 2 is 0.893 bits per heavy atom. The molecule has 0 N–H and O–H groups in total. The van der Waals surface area contributed by atoms with Gasteiger partial charge in [-0.3, -0.25) is 4.57 Å². The third kappa shape index (κ3) is 5.48. The Hall–Kier alpha value is -7.22. The van der Waals surface area contributed by atoms with E-state index in [2.05, 4.69) is 182 Å². The molecule has 10 rings (SSSR count). The van der Waals surface area contributed by atoms with Gasteiger partial charge in [0.1, 0.15) is 5.82 Å². The van der Waals surface area contributed by atoms with Crippen molar-refractivity contribution in [3.8, 4) is 51.0 Å². The monoisotopic (exact) mass is 718 g/mol. The maximum Gasteiger partial charge on any atom is 0.138 e. The van der Waals surface area contributed by atoms with Crippen molar-refractivity contribution < 1.29 is 0 Å². The molecule has 0 spiro atoms. The van der Waals surface area contributed by atoms with Crippen LogP contribution in [0.1, 0.15) is 27.8 Å². The van der Waals surface area contributed by atoms with Gasteiger partial charge in [0.05, 0.1) is 45.6 Å². The first kappa shape index (κ1) is 33.4. The second-order valence-corrected chi connectivity index (χ2v) is 15.2. The second-order valence-electron chi connectivity index (χ2n) is 15.2. The van der Waals surface area contributed by atoms with Crippen LogP contribution in [0.15, 0.2) is 158 Å². The molecule has 0 aliphatic rings. The van der Waals surface area contributed by atoms with Gasteiger partial charge >= 0.3 is 0 Å². The molecule has 266 valence electrons. The van der Waals surface area contributed by atoms with E-state index in [4.69, 9.17) is 4.98 Å². The summed E-state index contributed by atoms with van der Waals surface area (Å²) in [6.07, 6.45) is 2.03. The van der Waals surface area contributed by atoms with E-state index >= 15 is 0 Å². The number of aromatic nitrogens is 3. The summed E-state index contributed by atoms with van der Waals surface area (Å²) in [5.74, 6) is 0.827. The van der Waals surface area contributed by atoms with E-state index in [9.17, 15) is 5.26 Å². The average molecular weight is 719 g/mol. The number of para-hydroxylation sites is 2. The second kappa shape index (κ2) is 13.0. The molecule has 0 saturated carbocycles. The zero-order chi connectivity index (χ0) is 38.1. The molecule has 4 heteroatoms. The standard InChI is InChI=1S/C52H38N4/c1-32-21-33(2)24-40(23-32)38-17-19-44-42-9-5-7-11-47(42)55(49(44)27-38)51-31-54-52(29-46(51)37-15-13-36(30-53)14-16-37)56-48-12-8-6-10-43(48)45-20-18-39(28-50(45)56)41-25-34(3)22-35(4)26-41/h5-29,31H,1-4H3. The Labute approximate surface area is 326 Å². The van der Waals surface area contributed by atoms with Gasteiger partial charge in [0.15, 0.2) is 0 Å². The summed E-state index contributed by atoms with van der Waals surface area (Å²) in [6.45, 7) is 8.63. The molecule has 3 heterocycles. The van der Waals surface area contributed by atoms with Crippen LogP contribution in [-0.2, 0) is 0 Å². The minimum Gasteiger partial charge on any atom is -0.307 e. The maximum atomic E-state index is 9.73. The SMILES string of the molecule is Cc1cc(C)cc(-c2ccc3c4ccccc4n(-c4cc(-c5ccc(C#N)cc5)c(-n5c6ccccc6c6ccc(-c7cc(C)cc(C)c7)cc65)cn4)c3c2)c1. The van der Waals surface area contributed by atoms with Crippen LogP contribution >= 0.6 is 0 Å². The van der Waals surface area contributed by atoms with Crippen molar-refractivity contribution in [3.05, 3.63) is 186 Å². The molecule has 3 aromatic heterocycles. The van der Waals surface area contributed by atoms with Crippen LogP contribution in [0.4, 0.5) is 0 Å². The fraction of sp³-hybridized carbons (Fsp3) is 0.0769. The summed E-state index contributed by atoms with van der Waals surface area (Å²) >= 11 is 0. The highest BCUT2D eigenvalue weighted by molar-refractivity contribution is 6.12. The molecule has 4 nitrogen and oxygen atoms in total. The maximum absolute atomic E-state index is 9.73. The molecule has 0 unspecified atom stereocenters. The minimum atomic E-state index is 0.626. The third-order valence-corrected chi connectivity index (χ3v) is 11.1. The van der Waals surface area contributed by atoms with Crippen molar-refractivity contribution in [2.45, 2.75) is 27.7 Å². The lowest BCUT2D eigenvalue weighted by Gasteiger charge is -2.17. The molecular weight excluding hydrogens is 681 g/mol. The first-order valence-electron chi connectivity index (χ1n) is 19.1. The Balaban J connectivity index is 1.26. The van der Waals surface area contributed by atoms with E-state index < -0.39 is 0 Å². The smallest absolute Gasteiger partial charge is 0.138 e. The number of aryl methyl sites for hydroxylation is 4. The van der Waals surface area contributed by atoms with E-state index in [1.54, 1.807) is 0 Å². The molecule has 0 atom stereocenters. The lowest BCUT2D eigenvalue weighted by Crippen LogP contribution is -2.03. The first-order chi connectivity index (χ1) is 27.3. The molecule has 0 fully saturated rings. The Bertz CT molecular complexity index is 3200. The van der Waals surface area contributed by atoms with Crippen LogP contribution in [-0.4, -0.2) is 14.1 Å². The highest BCUT2D eigenvalue weighted by Crippen LogP contribution is 2.40. The van der Waals surface area contributed by atoms with Crippen LogP contribution < -0.4 is 0 Å². The van der Waals surface area contributed by atoms with Gasteiger partial charge in [0, 0.05) is 27.1 Å². The molecule has 0 aliphatic carbocycles. The minimum absolute atomic E-state index is 0.626. The number of nitriles is 1. The number of pyridine rings is 1. The quantitative estimate of drug-likeness (QED) is 0.178. The number of rotatable bonds is 5. The number of hydrogen-bond acceptors (Lipinski definition) is 2. The molecule has 0 aliphatic heterocycles. The van der Waals surface area contributed by atoms with Crippen LogP contribution in [0.5, 0.6) is 0 Å². The zero-order valence-corrected chi connectivity index (χ0v) is 31.8. The van der Waals surface area contributed by atoms with Crippen molar-refractivity contribution in [2.24, 2.45) is 0 Å². The summed E-state index contributed by atoms with van der Waals surface area (Å²) in [5, 5.41) is 14.5. The highest BCUT2D eigenvalue weighted by Gasteiger charge is 2.20. The Morgan fingerprint density at radius 1 is 0.429 bits per heavy atom. The van der Waals surface area contributed by atoms with Crippen LogP contribution in [0.3, 0.4) is 0 Å². The van der Waals surface area contributed by atoms with Crippen LogP contribution in [0, 0.1) is 39.0 Å². The molecule has 0 saturated heterocycles. The number of hydrogen-bond donors (Lipinski definition) is 0. The highest BCUT2D eigenvalue weighted by atomic mass is 15.1. The van der Waals surface area contributed by atoms with Crippen LogP contribution in [0.2, 0.25) is 0 Å². The van der Waals surface area contributed by atoms with E-state index in [1.165, 1.54) is 66.1 Å². The lowest BCUT2D eigenvalue weighted by atomic mass is 9.99. The van der Waals surface area contributed by atoms with Gasteiger partial charge in [-0.05, 0) is 98.0 Å². The van der Waals surface area contributed by atoms with E-state index in [0.717, 1.165) is 44.7 Å². The molecule has 0 amide bonds. The van der Waals surface area contributed by atoms with E-state index in [-0.39, 0.29) is 0 Å². The summed E-state index contributed by atoms with van der Waals surface area (Å²) in [5.41, 5.74) is 17.8. The topological polar surface area (TPSA) is 46.5 Å². The van der Waals surface area contributed by atoms with Gasteiger partial charge in [0.2, 0.25) is 0 Å². The summed E-state index contributed by atoms with van der Waals surface area (Å²) in [6, 6.07) is 56.8. The fourth-order valence-corrected chi connectivity index (χ4v) is 8.78. The van der Waals surface area contributed by atoms with Crippen molar-refractivity contribution in [3.63, 3.8) is 0 Å². The Kier molecular flexibility index (Phi) is 7.73. The predicted octanol–water partition coefficient (Wildman–Crippen LogP) is 13.4. The number of benzene rings is 7. The van der Waals surface area contributed by atoms with Crippen molar-refractivity contribution in [1.29, 1.82) is 5.26 Å².